The van der Waals surface area contributed by atoms with Gasteiger partial charge < -0.3 is 14.6 Å². The first-order valence-electron chi connectivity index (χ1n) is 8.92. The molecule has 3 heterocycles. The van der Waals surface area contributed by atoms with Gasteiger partial charge in [0.2, 0.25) is 11.8 Å². The van der Waals surface area contributed by atoms with Gasteiger partial charge in [-0.2, -0.15) is 9.97 Å². The van der Waals surface area contributed by atoms with Gasteiger partial charge in [0.15, 0.2) is 5.82 Å². The number of anilines is 2. The number of hydrogen-bond donors (Lipinski definition) is 1. The van der Waals surface area contributed by atoms with Crippen molar-refractivity contribution in [1.82, 2.24) is 20.1 Å². The van der Waals surface area contributed by atoms with Gasteiger partial charge in [0.1, 0.15) is 18.5 Å². The molecule has 9 heteroatoms. The maximum atomic E-state index is 12.1. The molecular formula is C17H22N6O3. The van der Waals surface area contributed by atoms with Crippen LogP contribution in [0.15, 0.2) is 16.8 Å². The van der Waals surface area contributed by atoms with E-state index < -0.39 is 0 Å². The smallest absolute Gasteiger partial charge is 0.415 e. The third-order valence-corrected chi connectivity index (χ3v) is 4.68. The lowest BCUT2D eigenvalue weighted by molar-refractivity contribution is 0.177. The SMILES string of the molecule is CC(C)[C@H]1COC(=O)N1c1ccnc(N[C@H](C)c2nc(C3CC3)no2)n1. The van der Waals surface area contributed by atoms with E-state index in [1.165, 1.54) is 0 Å². The van der Waals surface area contributed by atoms with E-state index in [-0.39, 0.29) is 24.1 Å². The van der Waals surface area contributed by atoms with Gasteiger partial charge in [-0.15, -0.1) is 0 Å². The highest BCUT2D eigenvalue weighted by Gasteiger charge is 2.37. The molecule has 1 aliphatic heterocycles. The quantitative estimate of drug-likeness (QED) is 0.840. The standard InChI is InChI=1S/C17H22N6O3/c1-9(2)12-8-25-17(24)23(12)13-6-7-18-16(20-13)19-10(3)15-21-14(22-26-15)11-4-5-11/h6-7,9-12H,4-5,8H2,1-3H3,(H,18,19,20)/t10-,12-/m1/s1. The zero-order valence-corrected chi connectivity index (χ0v) is 15.0. The third-order valence-electron chi connectivity index (χ3n) is 4.68. The van der Waals surface area contributed by atoms with Crippen LogP contribution in [0.3, 0.4) is 0 Å². The van der Waals surface area contributed by atoms with Crippen LogP contribution < -0.4 is 10.2 Å². The Bertz CT molecular complexity index is 803. The Morgan fingerprint density at radius 2 is 2.08 bits per heavy atom. The van der Waals surface area contributed by atoms with E-state index in [0.717, 1.165) is 18.7 Å². The molecule has 0 aromatic carbocycles. The third kappa shape index (κ3) is 3.21. The van der Waals surface area contributed by atoms with E-state index in [0.29, 0.717) is 30.2 Å². The number of nitrogens with zero attached hydrogens (tertiary/aromatic N) is 5. The zero-order valence-electron chi connectivity index (χ0n) is 15.0. The van der Waals surface area contributed by atoms with E-state index in [2.05, 4.69) is 39.3 Å². The average Bonchev–Trinajstić information content (AvgIpc) is 3.20. The molecule has 0 radical (unpaired) electrons. The van der Waals surface area contributed by atoms with Gasteiger partial charge in [-0.25, -0.2) is 9.78 Å². The van der Waals surface area contributed by atoms with Crippen LogP contribution in [-0.2, 0) is 4.74 Å². The molecule has 0 spiro atoms. The van der Waals surface area contributed by atoms with Crippen molar-refractivity contribution >= 4 is 17.9 Å². The Balaban J connectivity index is 1.50. The van der Waals surface area contributed by atoms with Crippen molar-refractivity contribution in [3.63, 3.8) is 0 Å². The molecule has 9 nitrogen and oxygen atoms in total. The lowest BCUT2D eigenvalue weighted by Crippen LogP contribution is -2.37. The number of rotatable bonds is 6. The summed E-state index contributed by atoms with van der Waals surface area (Å²) in [4.78, 5) is 26.8. The molecule has 1 N–H and O–H groups in total. The van der Waals surface area contributed by atoms with Crippen LogP contribution in [0.4, 0.5) is 16.6 Å². The minimum absolute atomic E-state index is 0.0419. The van der Waals surface area contributed by atoms with Gasteiger partial charge in [0.05, 0.1) is 6.04 Å². The molecule has 0 unspecified atom stereocenters. The predicted octanol–water partition coefficient (Wildman–Crippen LogP) is 2.89. The molecule has 2 aromatic heterocycles. The van der Waals surface area contributed by atoms with Crippen molar-refractivity contribution in [1.29, 1.82) is 0 Å². The van der Waals surface area contributed by atoms with Gasteiger partial charge in [0, 0.05) is 12.1 Å². The zero-order chi connectivity index (χ0) is 18.3. The summed E-state index contributed by atoms with van der Waals surface area (Å²) >= 11 is 0. The largest absolute Gasteiger partial charge is 0.447 e. The minimum atomic E-state index is -0.382. The number of hydrogen-bond acceptors (Lipinski definition) is 8. The van der Waals surface area contributed by atoms with E-state index in [4.69, 9.17) is 9.26 Å². The maximum absolute atomic E-state index is 12.1. The fraction of sp³-hybridized carbons (Fsp3) is 0.588. The number of carbonyl (C=O) groups excluding carboxylic acids is 1. The summed E-state index contributed by atoms with van der Waals surface area (Å²) in [5, 5.41) is 7.18. The summed E-state index contributed by atoms with van der Waals surface area (Å²) in [5.41, 5.74) is 0. The second-order valence-corrected chi connectivity index (χ2v) is 7.13. The van der Waals surface area contributed by atoms with Crippen LogP contribution >= 0.6 is 0 Å². The second-order valence-electron chi connectivity index (χ2n) is 7.13. The van der Waals surface area contributed by atoms with Gasteiger partial charge >= 0.3 is 6.09 Å². The topological polar surface area (TPSA) is 106 Å². The monoisotopic (exact) mass is 358 g/mol. The minimum Gasteiger partial charge on any atom is -0.447 e. The summed E-state index contributed by atoms with van der Waals surface area (Å²) in [6.45, 7) is 6.37. The Hall–Kier alpha value is -2.71. The molecule has 1 saturated carbocycles. The van der Waals surface area contributed by atoms with Crippen LogP contribution in [0, 0.1) is 5.92 Å². The number of carbonyl (C=O) groups is 1. The van der Waals surface area contributed by atoms with Gasteiger partial charge in [0.25, 0.3) is 0 Å². The lowest BCUT2D eigenvalue weighted by Gasteiger charge is -2.23. The molecule has 1 amide bonds. The van der Waals surface area contributed by atoms with E-state index in [1.54, 1.807) is 17.2 Å². The van der Waals surface area contributed by atoms with Crippen molar-refractivity contribution < 1.29 is 14.1 Å². The molecule has 1 aliphatic carbocycles. The van der Waals surface area contributed by atoms with Crippen molar-refractivity contribution in [3.8, 4) is 0 Å². The van der Waals surface area contributed by atoms with Crippen molar-refractivity contribution in [3.05, 3.63) is 24.0 Å². The molecule has 2 fully saturated rings. The highest BCUT2D eigenvalue weighted by Crippen LogP contribution is 2.38. The second kappa shape index (κ2) is 6.54. The molecule has 4 rings (SSSR count). The number of cyclic esters (lactones) is 1. The molecule has 2 aliphatic rings. The summed E-state index contributed by atoms with van der Waals surface area (Å²) < 4.78 is 10.5. The van der Waals surface area contributed by atoms with Crippen molar-refractivity contribution in [2.45, 2.75) is 51.6 Å². The van der Waals surface area contributed by atoms with Crippen molar-refractivity contribution in [2.75, 3.05) is 16.8 Å². The van der Waals surface area contributed by atoms with Crippen LogP contribution in [0.1, 0.15) is 57.3 Å². The number of amides is 1. The first kappa shape index (κ1) is 16.7. The predicted molar refractivity (Wildman–Crippen MR) is 92.8 cm³/mol. The fourth-order valence-corrected chi connectivity index (χ4v) is 2.93. The van der Waals surface area contributed by atoms with E-state index in [9.17, 15) is 4.79 Å². The van der Waals surface area contributed by atoms with Gasteiger partial charge in [-0.3, -0.25) is 4.90 Å². The first-order chi connectivity index (χ1) is 12.5. The van der Waals surface area contributed by atoms with Crippen LogP contribution in [0.2, 0.25) is 0 Å². The van der Waals surface area contributed by atoms with Gasteiger partial charge in [-0.1, -0.05) is 19.0 Å². The molecule has 138 valence electrons. The Kier molecular flexibility index (Phi) is 4.21. The maximum Gasteiger partial charge on any atom is 0.415 e. The first-order valence-corrected chi connectivity index (χ1v) is 8.92. The normalized spacial score (nSPS) is 21.2. The van der Waals surface area contributed by atoms with Crippen molar-refractivity contribution in [2.24, 2.45) is 5.92 Å². The van der Waals surface area contributed by atoms with Gasteiger partial charge in [-0.05, 0) is 31.7 Å². The molecular weight excluding hydrogens is 336 g/mol. The summed E-state index contributed by atoms with van der Waals surface area (Å²) in [6.07, 6.45) is 3.47. The summed E-state index contributed by atoms with van der Waals surface area (Å²) in [6, 6.07) is 1.42. The van der Waals surface area contributed by atoms with E-state index >= 15 is 0 Å². The summed E-state index contributed by atoms with van der Waals surface area (Å²) in [5.74, 6) is 2.87. The van der Waals surface area contributed by atoms with E-state index in [1.807, 2.05) is 6.92 Å². The lowest BCUT2D eigenvalue weighted by atomic mass is 10.0. The number of ether oxygens (including phenoxy) is 1. The Morgan fingerprint density at radius 1 is 1.27 bits per heavy atom. The Labute approximate surface area is 151 Å². The molecule has 26 heavy (non-hydrogen) atoms. The highest BCUT2D eigenvalue weighted by atomic mass is 16.6. The molecule has 1 saturated heterocycles. The van der Waals surface area contributed by atoms with Crippen LogP contribution in [0.25, 0.3) is 0 Å². The summed E-state index contributed by atoms with van der Waals surface area (Å²) in [7, 11) is 0. The molecule has 0 bridgehead atoms. The number of aromatic nitrogens is 4. The van der Waals surface area contributed by atoms with Crippen LogP contribution in [0.5, 0.6) is 0 Å². The Morgan fingerprint density at radius 3 is 2.81 bits per heavy atom. The molecule has 2 atom stereocenters. The van der Waals surface area contributed by atoms with Crippen LogP contribution in [-0.4, -0.2) is 38.9 Å². The molecule has 2 aromatic rings. The fourth-order valence-electron chi connectivity index (χ4n) is 2.93. The average molecular weight is 358 g/mol. The highest BCUT2D eigenvalue weighted by molar-refractivity contribution is 5.89. The number of nitrogens with one attached hydrogen (secondary N) is 1.